The largest absolute Gasteiger partial charge is 0.406 e. The lowest BCUT2D eigenvalue weighted by atomic mass is 10.2. The van der Waals surface area contributed by atoms with E-state index in [0.29, 0.717) is 0 Å². The molecule has 1 unspecified atom stereocenters. The van der Waals surface area contributed by atoms with Crippen molar-refractivity contribution in [2.75, 3.05) is 26.7 Å². The van der Waals surface area contributed by atoms with Crippen LogP contribution in [0.1, 0.15) is 13.3 Å². The van der Waals surface area contributed by atoms with Gasteiger partial charge < -0.3 is 15.4 Å². The molecule has 1 amide bonds. The van der Waals surface area contributed by atoms with Gasteiger partial charge in [0.15, 0.2) is 0 Å². The number of carbonyl (C=O) groups excluding carboxylic acids is 1. The minimum Gasteiger partial charge on any atom is -0.380 e. The molecule has 0 aromatic carbocycles. The first-order valence-electron chi connectivity index (χ1n) is 4.91. The minimum atomic E-state index is -4.38. The van der Waals surface area contributed by atoms with Gasteiger partial charge in [-0.1, -0.05) is 0 Å². The van der Waals surface area contributed by atoms with Crippen molar-refractivity contribution < 1.29 is 22.7 Å². The second-order valence-corrected chi connectivity index (χ2v) is 3.32. The van der Waals surface area contributed by atoms with Crippen LogP contribution in [0.2, 0.25) is 0 Å². The van der Waals surface area contributed by atoms with Crippen LogP contribution in [0.4, 0.5) is 13.2 Å². The van der Waals surface area contributed by atoms with Crippen molar-refractivity contribution >= 4 is 5.91 Å². The summed E-state index contributed by atoms with van der Waals surface area (Å²) in [5.74, 6) is -0.600. The summed E-state index contributed by atoms with van der Waals surface area (Å²) in [5, 5.41) is 0. The summed E-state index contributed by atoms with van der Waals surface area (Å²) in [6.45, 7) is 0.377. The maximum atomic E-state index is 12.1. The van der Waals surface area contributed by atoms with Crippen molar-refractivity contribution in [3.05, 3.63) is 0 Å². The standard InChI is InChI=1S/C9H17F3N2O2/c1-3-14(6-9(10,11)12)8(15)4-7(5-13)16-2/h7H,3-6,13H2,1-2H3. The number of ether oxygens (including phenoxy) is 1. The number of alkyl halides is 3. The number of carbonyl (C=O) groups is 1. The van der Waals surface area contributed by atoms with E-state index in [2.05, 4.69) is 0 Å². The molecule has 2 N–H and O–H groups in total. The van der Waals surface area contributed by atoms with E-state index in [4.69, 9.17) is 10.5 Å². The topological polar surface area (TPSA) is 55.6 Å². The second kappa shape index (κ2) is 6.70. The van der Waals surface area contributed by atoms with E-state index in [1.165, 1.54) is 14.0 Å². The van der Waals surface area contributed by atoms with Crippen LogP contribution in [0.15, 0.2) is 0 Å². The van der Waals surface area contributed by atoms with Crippen molar-refractivity contribution in [3.63, 3.8) is 0 Å². The van der Waals surface area contributed by atoms with Gasteiger partial charge in [-0.15, -0.1) is 0 Å². The third-order valence-electron chi connectivity index (χ3n) is 2.10. The number of halogens is 3. The highest BCUT2D eigenvalue weighted by Gasteiger charge is 2.32. The summed E-state index contributed by atoms with van der Waals surface area (Å²) in [6, 6.07) is 0. The molecule has 0 rings (SSSR count). The SMILES string of the molecule is CCN(CC(F)(F)F)C(=O)CC(CN)OC. The molecule has 0 aromatic rings. The van der Waals surface area contributed by atoms with E-state index in [1.54, 1.807) is 0 Å². The Balaban J connectivity index is 4.31. The molecule has 4 nitrogen and oxygen atoms in total. The van der Waals surface area contributed by atoms with Gasteiger partial charge in [0.2, 0.25) is 5.91 Å². The molecule has 16 heavy (non-hydrogen) atoms. The predicted molar refractivity (Wildman–Crippen MR) is 52.8 cm³/mol. The number of hydrogen-bond donors (Lipinski definition) is 1. The molecule has 0 aliphatic heterocycles. The minimum absolute atomic E-state index is 0.0132. The van der Waals surface area contributed by atoms with Gasteiger partial charge in [0.05, 0.1) is 12.5 Å². The molecule has 0 heterocycles. The number of rotatable bonds is 6. The molecule has 0 aliphatic carbocycles. The molecule has 7 heteroatoms. The molecular weight excluding hydrogens is 225 g/mol. The van der Waals surface area contributed by atoms with Gasteiger partial charge in [0.1, 0.15) is 6.54 Å². The first-order valence-corrected chi connectivity index (χ1v) is 4.91. The van der Waals surface area contributed by atoms with Crippen LogP contribution in [0, 0.1) is 0 Å². The third-order valence-corrected chi connectivity index (χ3v) is 2.10. The van der Waals surface area contributed by atoms with Crippen molar-refractivity contribution in [2.24, 2.45) is 5.73 Å². The average Bonchev–Trinajstić information content (AvgIpc) is 2.20. The highest BCUT2D eigenvalue weighted by atomic mass is 19.4. The first-order chi connectivity index (χ1) is 7.34. The maximum absolute atomic E-state index is 12.1. The lowest BCUT2D eigenvalue weighted by Crippen LogP contribution is -2.41. The fraction of sp³-hybridized carbons (Fsp3) is 0.889. The van der Waals surface area contributed by atoms with Gasteiger partial charge in [-0.25, -0.2) is 0 Å². The Morgan fingerprint density at radius 2 is 2.06 bits per heavy atom. The quantitative estimate of drug-likeness (QED) is 0.748. The normalized spacial score (nSPS) is 13.6. The smallest absolute Gasteiger partial charge is 0.380 e. The van der Waals surface area contributed by atoms with Crippen LogP contribution in [-0.2, 0) is 9.53 Å². The molecule has 0 saturated heterocycles. The molecule has 0 aromatic heterocycles. The molecular formula is C9H17F3N2O2. The maximum Gasteiger partial charge on any atom is 0.406 e. The zero-order valence-corrected chi connectivity index (χ0v) is 9.38. The number of amides is 1. The molecule has 0 aliphatic rings. The lowest BCUT2D eigenvalue weighted by molar-refractivity contribution is -0.162. The van der Waals surface area contributed by atoms with Crippen LogP contribution >= 0.6 is 0 Å². The fourth-order valence-corrected chi connectivity index (χ4v) is 1.18. The summed E-state index contributed by atoms with van der Waals surface area (Å²) in [7, 11) is 1.37. The highest BCUT2D eigenvalue weighted by molar-refractivity contribution is 5.76. The molecule has 0 radical (unpaired) electrons. The zero-order chi connectivity index (χ0) is 12.8. The van der Waals surface area contributed by atoms with Crippen LogP contribution < -0.4 is 5.73 Å². The van der Waals surface area contributed by atoms with Crippen LogP contribution in [0.5, 0.6) is 0 Å². The Kier molecular flexibility index (Phi) is 6.35. The number of nitrogens with zero attached hydrogens (tertiary/aromatic N) is 1. The Morgan fingerprint density at radius 3 is 2.38 bits per heavy atom. The van der Waals surface area contributed by atoms with Crippen molar-refractivity contribution in [2.45, 2.75) is 25.6 Å². The molecule has 0 spiro atoms. The molecule has 1 atom stereocenters. The van der Waals surface area contributed by atoms with Gasteiger partial charge in [0, 0.05) is 20.2 Å². The van der Waals surface area contributed by atoms with Gasteiger partial charge in [-0.05, 0) is 6.92 Å². The highest BCUT2D eigenvalue weighted by Crippen LogP contribution is 2.17. The zero-order valence-electron chi connectivity index (χ0n) is 9.38. The van der Waals surface area contributed by atoms with E-state index in [-0.39, 0.29) is 19.5 Å². The van der Waals surface area contributed by atoms with Gasteiger partial charge in [-0.3, -0.25) is 4.79 Å². The van der Waals surface area contributed by atoms with Crippen molar-refractivity contribution in [1.29, 1.82) is 0 Å². The first kappa shape index (κ1) is 15.2. The van der Waals surface area contributed by atoms with E-state index in [0.717, 1.165) is 4.90 Å². The summed E-state index contributed by atoms with van der Waals surface area (Å²) < 4.78 is 41.2. The summed E-state index contributed by atoms with van der Waals surface area (Å²) in [5.41, 5.74) is 5.28. The lowest BCUT2D eigenvalue weighted by Gasteiger charge is -2.24. The second-order valence-electron chi connectivity index (χ2n) is 3.32. The Labute approximate surface area is 92.5 Å². The predicted octanol–water partition coefficient (Wildman–Crippen LogP) is 0.761. The Hall–Kier alpha value is -0.820. The number of nitrogens with two attached hydrogens (primary N) is 1. The Bertz CT molecular complexity index is 217. The van der Waals surface area contributed by atoms with Gasteiger partial charge in [-0.2, -0.15) is 13.2 Å². The molecule has 0 saturated carbocycles. The monoisotopic (exact) mass is 242 g/mol. The third kappa shape index (κ3) is 5.92. The van der Waals surface area contributed by atoms with Crippen LogP contribution in [0.25, 0.3) is 0 Å². The van der Waals surface area contributed by atoms with Crippen molar-refractivity contribution in [3.8, 4) is 0 Å². The van der Waals surface area contributed by atoms with Gasteiger partial charge in [0.25, 0.3) is 0 Å². The number of hydrogen-bond acceptors (Lipinski definition) is 3. The summed E-state index contributed by atoms with van der Waals surface area (Å²) in [6.07, 6.45) is -5.04. The van der Waals surface area contributed by atoms with E-state index < -0.39 is 24.7 Å². The fourth-order valence-electron chi connectivity index (χ4n) is 1.18. The summed E-state index contributed by atoms with van der Waals surface area (Å²) >= 11 is 0. The Morgan fingerprint density at radius 1 is 1.50 bits per heavy atom. The van der Waals surface area contributed by atoms with E-state index >= 15 is 0 Å². The number of methoxy groups -OCH3 is 1. The van der Waals surface area contributed by atoms with Crippen LogP contribution in [-0.4, -0.2) is 49.8 Å². The van der Waals surface area contributed by atoms with Crippen molar-refractivity contribution in [1.82, 2.24) is 4.90 Å². The van der Waals surface area contributed by atoms with Gasteiger partial charge >= 0.3 is 6.18 Å². The molecule has 0 fully saturated rings. The summed E-state index contributed by atoms with van der Waals surface area (Å²) in [4.78, 5) is 12.2. The average molecular weight is 242 g/mol. The molecule has 0 bridgehead atoms. The van der Waals surface area contributed by atoms with E-state index in [1.807, 2.05) is 0 Å². The molecule has 96 valence electrons. The van der Waals surface area contributed by atoms with E-state index in [9.17, 15) is 18.0 Å². The van der Waals surface area contributed by atoms with Crippen LogP contribution in [0.3, 0.4) is 0 Å².